The lowest BCUT2D eigenvalue weighted by atomic mass is 10.1. The van der Waals surface area contributed by atoms with Crippen molar-refractivity contribution in [2.24, 2.45) is 0 Å². The molecule has 0 radical (unpaired) electrons. The third kappa shape index (κ3) is 5.12. The van der Waals surface area contributed by atoms with Crippen molar-refractivity contribution in [3.63, 3.8) is 0 Å². The van der Waals surface area contributed by atoms with Crippen LogP contribution in [-0.4, -0.2) is 25.5 Å². The lowest BCUT2D eigenvalue weighted by Gasteiger charge is -2.07. The summed E-state index contributed by atoms with van der Waals surface area (Å²) in [6.45, 7) is 2.46. The zero-order valence-corrected chi connectivity index (χ0v) is 14.0. The fraction of sp³-hybridized carbons (Fsp3) is 0.263. The Morgan fingerprint density at radius 3 is 2.12 bits per heavy atom. The summed E-state index contributed by atoms with van der Waals surface area (Å²) in [6.07, 6.45) is 1.58. The highest BCUT2D eigenvalue weighted by atomic mass is 16.5. The van der Waals surface area contributed by atoms with Crippen LogP contribution in [-0.2, 0) is 22.4 Å². The van der Waals surface area contributed by atoms with Gasteiger partial charge < -0.3 is 15.4 Å². The summed E-state index contributed by atoms with van der Waals surface area (Å²) in [5.41, 5.74) is 2.85. The van der Waals surface area contributed by atoms with E-state index < -0.39 is 11.8 Å². The first kappa shape index (κ1) is 17.5. The number of methoxy groups -OCH3 is 1. The molecule has 0 bridgehead atoms. The molecule has 0 unspecified atom stereocenters. The molecular formula is C19H22N2O3. The van der Waals surface area contributed by atoms with Crippen LogP contribution in [0.3, 0.4) is 0 Å². The molecule has 2 rings (SSSR count). The average molecular weight is 326 g/mol. The maximum Gasteiger partial charge on any atom is 0.313 e. The number of anilines is 1. The number of hydrogen-bond donors (Lipinski definition) is 2. The van der Waals surface area contributed by atoms with Crippen molar-refractivity contribution in [1.29, 1.82) is 0 Å². The Bertz CT molecular complexity index is 679. The molecule has 0 aliphatic heterocycles. The number of nitrogens with one attached hydrogen (secondary N) is 2. The molecule has 0 spiro atoms. The molecule has 2 aromatic rings. The Morgan fingerprint density at radius 2 is 1.54 bits per heavy atom. The van der Waals surface area contributed by atoms with Gasteiger partial charge in [0.25, 0.3) is 0 Å². The molecule has 2 N–H and O–H groups in total. The number of carbonyl (C=O) groups is 2. The number of benzene rings is 2. The molecule has 0 aliphatic rings. The predicted molar refractivity (Wildman–Crippen MR) is 94.2 cm³/mol. The minimum Gasteiger partial charge on any atom is -0.497 e. The van der Waals surface area contributed by atoms with Gasteiger partial charge in [0.1, 0.15) is 5.75 Å². The lowest BCUT2D eigenvalue weighted by molar-refractivity contribution is -0.136. The van der Waals surface area contributed by atoms with Gasteiger partial charge in [-0.3, -0.25) is 9.59 Å². The molecule has 24 heavy (non-hydrogen) atoms. The Morgan fingerprint density at radius 1 is 0.917 bits per heavy atom. The summed E-state index contributed by atoms with van der Waals surface area (Å²) >= 11 is 0. The second-order valence-electron chi connectivity index (χ2n) is 5.36. The quantitative estimate of drug-likeness (QED) is 0.802. The van der Waals surface area contributed by atoms with Crippen LogP contribution in [0.4, 0.5) is 5.69 Å². The standard InChI is InChI=1S/C19H22N2O3/c1-3-14-4-8-16(9-5-14)21-19(23)18(22)20-13-12-15-6-10-17(24-2)11-7-15/h4-11H,3,12-13H2,1-2H3,(H,20,22)(H,21,23). The second-order valence-corrected chi connectivity index (χ2v) is 5.36. The number of amides is 2. The van der Waals surface area contributed by atoms with Gasteiger partial charge >= 0.3 is 11.8 Å². The Hall–Kier alpha value is -2.82. The average Bonchev–Trinajstić information content (AvgIpc) is 2.62. The van der Waals surface area contributed by atoms with Gasteiger partial charge in [-0.05, 0) is 48.2 Å². The van der Waals surface area contributed by atoms with Crippen LogP contribution in [0.2, 0.25) is 0 Å². The molecule has 2 amide bonds. The maximum absolute atomic E-state index is 11.9. The molecule has 2 aromatic carbocycles. The Kier molecular flexibility index (Phi) is 6.37. The summed E-state index contributed by atoms with van der Waals surface area (Å²) in [4.78, 5) is 23.7. The van der Waals surface area contributed by atoms with E-state index in [1.54, 1.807) is 19.2 Å². The van der Waals surface area contributed by atoms with Crippen molar-refractivity contribution in [1.82, 2.24) is 5.32 Å². The fourth-order valence-electron chi connectivity index (χ4n) is 2.20. The van der Waals surface area contributed by atoms with E-state index >= 15 is 0 Å². The number of hydrogen-bond acceptors (Lipinski definition) is 3. The minimum atomic E-state index is -0.658. The molecule has 0 saturated heterocycles. The highest BCUT2D eigenvalue weighted by Crippen LogP contribution is 2.11. The van der Waals surface area contributed by atoms with Crippen LogP contribution in [0.5, 0.6) is 5.75 Å². The van der Waals surface area contributed by atoms with Gasteiger partial charge in [-0.25, -0.2) is 0 Å². The Labute approximate surface area is 142 Å². The van der Waals surface area contributed by atoms with Gasteiger partial charge in [0.2, 0.25) is 0 Å². The summed E-state index contributed by atoms with van der Waals surface area (Å²) in [6, 6.07) is 15.0. The molecule has 0 aliphatic carbocycles. The molecule has 0 heterocycles. The van der Waals surface area contributed by atoms with E-state index in [1.165, 1.54) is 5.56 Å². The SMILES string of the molecule is CCc1ccc(NC(=O)C(=O)NCCc2ccc(OC)cc2)cc1. The van der Waals surface area contributed by atoms with Crippen molar-refractivity contribution in [3.05, 3.63) is 59.7 Å². The smallest absolute Gasteiger partial charge is 0.313 e. The predicted octanol–water partition coefficient (Wildman–Crippen LogP) is 2.56. The second kappa shape index (κ2) is 8.72. The first-order chi connectivity index (χ1) is 11.6. The molecule has 0 aromatic heterocycles. The molecular weight excluding hydrogens is 304 g/mol. The maximum atomic E-state index is 11.9. The molecule has 126 valence electrons. The third-order valence-corrected chi connectivity index (χ3v) is 3.68. The number of ether oxygens (including phenoxy) is 1. The molecule has 0 saturated carbocycles. The molecule has 0 fully saturated rings. The monoisotopic (exact) mass is 326 g/mol. The number of rotatable bonds is 6. The van der Waals surface area contributed by atoms with Crippen molar-refractivity contribution >= 4 is 17.5 Å². The molecule has 5 nitrogen and oxygen atoms in total. The molecule has 5 heteroatoms. The van der Waals surface area contributed by atoms with Crippen molar-refractivity contribution in [2.75, 3.05) is 19.0 Å². The highest BCUT2D eigenvalue weighted by Gasteiger charge is 2.12. The normalized spacial score (nSPS) is 10.1. The van der Waals surface area contributed by atoms with Crippen LogP contribution >= 0.6 is 0 Å². The van der Waals surface area contributed by atoms with Crippen LogP contribution < -0.4 is 15.4 Å². The van der Waals surface area contributed by atoms with E-state index in [2.05, 4.69) is 17.6 Å². The summed E-state index contributed by atoms with van der Waals surface area (Å²) < 4.78 is 5.09. The topological polar surface area (TPSA) is 67.4 Å². The van der Waals surface area contributed by atoms with Gasteiger partial charge in [-0.2, -0.15) is 0 Å². The van der Waals surface area contributed by atoms with Crippen molar-refractivity contribution in [2.45, 2.75) is 19.8 Å². The molecule has 0 atom stereocenters. The van der Waals surface area contributed by atoms with E-state index in [9.17, 15) is 9.59 Å². The van der Waals surface area contributed by atoms with E-state index in [0.29, 0.717) is 18.7 Å². The first-order valence-electron chi connectivity index (χ1n) is 7.93. The largest absolute Gasteiger partial charge is 0.497 e. The zero-order chi connectivity index (χ0) is 17.4. The zero-order valence-electron chi connectivity index (χ0n) is 14.0. The highest BCUT2D eigenvalue weighted by molar-refractivity contribution is 6.39. The van der Waals surface area contributed by atoms with E-state index in [1.807, 2.05) is 36.4 Å². The number of aryl methyl sites for hydroxylation is 1. The van der Waals surface area contributed by atoms with Gasteiger partial charge in [-0.15, -0.1) is 0 Å². The van der Waals surface area contributed by atoms with Gasteiger partial charge in [0.15, 0.2) is 0 Å². The summed E-state index contributed by atoms with van der Waals surface area (Å²) in [5.74, 6) is -0.506. The minimum absolute atomic E-state index is 0.396. The fourth-order valence-corrected chi connectivity index (χ4v) is 2.20. The van der Waals surface area contributed by atoms with Gasteiger partial charge in [0, 0.05) is 12.2 Å². The summed E-state index contributed by atoms with van der Waals surface area (Å²) in [7, 11) is 1.61. The number of carbonyl (C=O) groups excluding carboxylic acids is 2. The van der Waals surface area contributed by atoms with Gasteiger partial charge in [-0.1, -0.05) is 31.2 Å². The van der Waals surface area contributed by atoms with E-state index in [-0.39, 0.29) is 0 Å². The third-order valence-electron chi connectivity index (χ3n) is 3.68. The van der Waals surface area contributed by atoms with Crippen LogP contribution in [0.25, 0.3) is 0 Å². The van der Waals surface area contributed by atoms with E-state index in [0.717, 1.165) is 17.7 Å². The van der Waals surface area contributed by atoms with Crippen LogP contribution in [0.1, 0.15) is 18.1 Å². The Balaban J connectivity index is 1.77. The van der Waals surface area contributed by atoms with Crippen LogP contribution in [0.15, 0.2) is 48.5 Å². The van der Waals surface area contributed by atoms with Crippen molar-refractivity contribution < 1.29 is 14.3 Å². The van der Waals surface area contributed by atoms with Crippen molar-refractivity contribution in [3.8, 4) is 5.75 Å². The lowest BCUT2D eigenvalue weighted by Crippen LogP contribution is -2.36. The summed E-state index contributed by atoms with van der Waals surface area (Å²) in [5, 5.41) is 5.21. The van der Waals surface area contributed by atoms with Gasteiger partial charge in [0.05, 0.1) is 7.11 Å². The van der Waals surface area contributed by atoms with Crippen LogP contribution in [0, 0.1) is 0 Å². The van der Waals surface area contributed by atoms with E-state index in [4.69, 9.17) is 4.74 Å². The first-order valence-corrected chi connectivity index (χ1v) is 7.93.